The number of benzene rings is 3. The largest absolute Gasteiger partial charge is 0.451 e. The molecule has 0 atom stereocenters. The molecule has 1 amide bonds. The SMILES string of the molecule is O=C(NC(c1ccccc1)c1ccccc1)c1cc2cc(Br)ccc2o1. The Balaban J connectivity index is 1.67. The summed E-state index contributed by atoms with van der Waals surface area (Å²) >= 11 is 3.44. The molecule has 4 aromatic rings. The Hall–Kier alpha value is -2.85. The van der Waals surface area contributed by atoms with Gasteiger partial charge in [0.15, 0.2) is 5.76 Å². The molecule has 0 saturated carbocycles. The van der Waals surface area contributed by atoms with Gasteiger partial charge in [0.1, 0.15) is 5.58 Å². The quantitative estimate of drug-likeness (QED) is 0.471. The highest BCUT2D eigenvalue weighted by Gasteiger charge is 2.20. The van der Waals surface area contributed by atoms with Gasteiger partial charge in [-0.05, 0) is 35.4 Å². The zero-order valence-corrected chi connectivity index (χ0v) is 15.4. The lowest BCUT2D eigenvalue weighted by molar-refractivity contribution is 0.0917. The standard InChI is InChI=1S/C22H16BrNO2/c23-18-11-12-19-17(13-18)14-20(26-19)22(25)24-21(15-7-3-1-4-8-15)16-9-5-2-6-10-16/h1-14,21H,(H,24,25). The third kappa shape index (κ3) is 3.41. The molecule has 4 rings (SSSR count). The Bertz CT molecular complexity index is 1000. The van der Waals surface area contributed by atoms with Crippen LogP contribution in [0.1, 0.15) is 27.7 Å². The average molecular weight is 406 g/mol. The van der Waals surface area contributed by atoms with Crippen molar-refractivity contribution in [3.8, 4) is 0 Å². The number of hydrogen-bond acceptors (Lipinski definition) is 2. The number of carbonyl (C=O) groups is 1. The molecule has 0 spiro atoms. The van der Waals surface area contributed by atoms with E-state index in [-0.39, 0.29) is 11.9 Å². The van der Waals surface area contributed by atoms with Gasteiger partial charge in [0.2, 0.25) is 0 Å². The molecule has 3 nitrogen and oxygen atoms in total. The second-order valence-electron chi connectivity index (χ2n) is 6.02. The zero-order valence-electron chi connectivity index (χ0n) is 13.9. The van der Waals surface area contributed by atoms with Crippen LogP contribution >= 0.6 is 15.9 Å². The fraction of sp³-hybridized carbons (Fsp3) is 0.0455. The van der Waals surface area contributed by atoms with E-state index in [1.54, 1.807) is 6.07 Å². The highest BCUT2D eigenvalue weighted by Crippen LogP contribution is 2.25. The van der Waals surface area contributed by atoms with Crippen molar-refractivity contribution in [2.75, 3.05) is 0 Å². The Morgan fingerprint density at radius 3 is 2.08 bits per heavy atom. The second-order valence-corrected chi connectivity index (χ2v) is 6.94. The minimum Gasteiger partial charge on any atom is -0.451 e. The van der Waals surface area contributed by atoms with Gasteiger partial charge in [0.25, 0.3) is 5.91 Å². The van der Waals surface area contributed by atoms with Crippen LogP contribution in [-0.4, -0.2) is 5.91 Å². The zero-order chi connectivity index (χ0) is 17.9. The lowest BCUT2D eigenvalue weighted by atomic mass is 9.98. The molecular formula is C22H16BrNO2. The number of fused-ring (bicyclic) bond motifs is 1. The van der Waals surface area contributed by atoms with Crippen LogP contribution < -0.4 is 5.32 Å². The van der Waals surface area contributed by atoms with Gasteiger partial charge in [-0.1, -0.05) is 76.6 Å². The predicted octanol–water partition coefficient (Wildman–Crippen LogP) is 5.71. The second kappa shape index (κ2) is 7.18. The third-order valence-electron chi connectivity index (χ3n) is 4.24. The van der Waals surface area contributed by atoms with Crippen LogP contribution in [-0.2, 0) is 0 Å². The van der Waals surface area contributed by atoms with Gasteiger partial charge in [-0.2, -0.15) is 0 Å². The van der Waals surface area contributed by atoms with Crippen LogP contribution in [0.5, 0.6) is 0 Å². The minimum atomic E-state index is -0.246. The van der Waals surface area contributed by atoms with E-state index in [4.69, 9.17) is 4.42 Å². The van der Waals surface area contributed by atoms with E-state index in [2.05, 4.69) is 21.2 Å². The van der Waals surface area contributed by atoms with Gasteiger partial charge in [0, 0.05) is 9.86 Å². The van der Waals surface area contributed by atoms with Crippen LogP contribution in [0.3, 0.4) is 0 Å². The average Bonchev–Trinajstić information content (AvgIpc) is 3.10. The predicted molar refractivity (Wildman–Crippen MR) is 106 cm³/mol. The smallest absolute Gasteiger partial charge is 0.287 e. The van der Waals surface area contributed by atoms with Gasteiger partial charge in [-0.15, -0.1) is 0 Å². The van der Waals surface area contributed by atoms with Crippen molar-refractivity contribution in [3.05, 3.63) is 106 Å². The summed E-state index contributed by atoms with van der Waals surface area (Å²) < 4.78 is 6.67. The summed E-state index contributed by atoms with van der Waals surface area (Å²) in [6, 6.07) is 27.0. The molecule has 0 bridgehead atoms. The summed E-state index contributed by atoms with van der Waals surface area (Å²) in [7, 11) is 0. The molecule has 0 radical (unpaired) electrons. The van der Waals surface area contributed by atoms with Crippen LogP contribution in [0.25, 0.3) is 11.0 Å². The molecule has 0 aliphatic heterocycles. The highest BCUT2D eigenvalue weighted by atomic mass is 79.9. The van der Waals surface area contributed by atoms with Crippen molar-refractivity contribution in [1.82, 2.24) is 5.32 Å². The van der Waals surface area contributed by atoms with E-state index < -0.39 is 0 Å². The molecule has 1 aromatic heterocycles. The fourth-order valence-corrected chi connectivity index (χ4v) is 3.36. The maximum atomic E-state index is 12.8. The van der Waals surface area contributed by atoms with E-state index in [1.807, 2.05) is 78.9 Å². The number of carbonyl (C=O) groups excluding carboxylic acids is 1. The maximum absolute atomic E-state index is 12.8. The van der Waals surface area contributed by atoms with Crippen molar-refractivity contribution in [2.45, 2.75) is 6.04 Å². The molecule has 0 fully saturated rings. The van der Waals surface area contributed by atoms with Gasteiger partial charge in [-0.25, -0.2) is 0 Å². The lowest BCUT2D eigenvalue weighted by Crippen LogP contribution is -2.29. The van der Waals surface area contributed by atoms with E-state index in [1.165, 1.54) is 0 Å². The highest BCUT2D eigenvalue weighted by molar-refractivity contribution is 9.10. The number of amides is 1. The third-order valence-corrected chi connectivity index (χ3v) is 4.74. The Morgan fingerprint density at radius 1 is 0.846 bits per heavy atom. The van der Waals surface area contributed by atoms with E-state index in [9.17, 15) is 4.79 Å². The monoisotopic (exact) mass is 405 g/mol. The molecule has 0 unspecified atom stereocenters. The number of hydrogen-bond donors (Lipinski definition) is 1. The summed E-state index contributed by atoms with van der Waals surface area (Å²) in [4.78, 5) is 12.8. The summed E-state index contributed by atoms with van der Waals surface area (Å²) in [5, 5.41) is 3.99. The molecule has 0 aliphatic carbocycles. The van der Waals surface area contributed by atoms with Gasteiger partial charge < -0.3 is 9.73 Å². The molecule has 128 valence electrons. The van der Waals surface area contributed by atoms with Crippen molar-refractivity contribution < 1.29 is 9.21 Å². The van der Waals surface area contributed by atoms with Crippen molar-refractivity contribution >= 4 is 32.8 Å². The van der Waals surface area contributed by atoms with Crippen LogP contribution in [0.15, 0.2) is 93.8 Å². The van der Waals surface area contributed by atoms with E-state index >= 15 is 0 Å². The summed E-state index contributed by atoms with van der Waals surface area (Å²) in [5.74, 6) is 0.0602. The first-order chi connectivity index (χ1) is 12.7. The van der Waals surface area contributed by atoms with Gasteiger partial charge in [-0.3, -0.25) is 4.79 Å². The minimum absolute atomic E-state index is 0.241. The number of rotatable bonds is 4. The normalized spacial score (nSPS) is 11.0. The molecule has 3 aromatic carbocycles. The molecule has 1 N–H and O–H groups in total. The Kier molecular flexibility index (Phi) is 4.59. The first kappa shape index (κ1) is 16.6. The summed E-state index contributed by atoms with van der Waals surface area (Å²) in [5.41, 5.74) is 2.73. The molecule has 4 heteroatoms. The molecule has 0 aliphatic rings. The fourth-order valence-electron chi connectivity index (χ4n) is 2.98. The van der Waals surface area contributed by atoms with Crippen molar-refractivity contribution in [3.63, 3.8) is 0 Å². The van der Waals surface area contributed by atoms with Crippen LogP contribution in [0.2, 0.25) is 0 Å². The first-order valence-corrected chi connectivity index (χ1v) is 9.10. The van der Waals surface area contributed by atoms with Crippen LogP contribution in [0.4, 0.5) is 0 Å². The van der Waals surface area contributed by atoms with E-state index in [0.29, 0.717) is 11.3 Å². The number of nitrogens with one attached hydrogen (secondary N) is 1. The van der Waals surface area contributed by atoms with Gasteiger partial charge in [0.05, 0.1) is 6.04 Å². The topological polar surface area (TPSA) is 42.2 Å². The maximum Gasteiger partial charge on any atom is 0.287 e. The first-order valence-electron chi connectivity index (χ1n) is 8.30. The van der Waals surface area contributed by atoms with Crippen molar-refractivity contribution in [1.29, 1.82) is 0 Å². The summed E-state index contributed by atoms with van der Waals surface area (Å²) in [6.45, 7) is 0. The van der Waals surface area contributed by atoms with Gasteiger partial charge >= 0.3 is 0 Å². The number of halogens is 1. The molecule has 26 heavy (non-hydrogen) atoms. The van der Waals surface area contributed by atoms with E-state index in [0.717, 1.165) is 21.0 Å². The Labute approximate surface area is 159 Å². The summed E-state index contributed by atoms with van der Waals surface area (Å²) in [6.07, 6.45) is 0. The van der Waals surface area contributed by atoms with Crippen molar-refractivity contribution in [2.24, 2.45) is 0 Å². The molecule has 1 heterocycles. The molecular weight excluding hydrogens is 390 g/mol. The lowest BCUT2D eigenvalue weighted by Gasteiger charge is -2.19. The Morgan fingerprint density at radius 2 is 1.46 bits per heavy atom. The number of furan rings is 1. The van der Waals surface area contributed by atoms with Crippen LogP contribution in [0, 0.1) is 0 Å². The molecule has 0 saturated heterocycles.